The van der Waals surface area contributed by atoms with Crippen LogP contribution in [0.3, 0.4) is 0 Å². The molecule has 0 amide bonds. The SMILES string of the molecule is CCOC(=O)c1cc2c(n1Cc1ccccc1C)C(=O)/C(=C/N(C)C)CC2. The topological polar surface area (TPSA) is 51.5 Å². The number of nitrogens with zero attached hydrogens (tertiary/aromatic N) is 2. The number of fused-ring (bicyclic) bond motifs is 1. The van der Waals surface area contributed by atoms with Crippen molar-refractivity contribution < 1.29 is 14.3 Å². The number of allylic oxidation sites excluding steroid dienone is 1. The monoisotopic (exact) mass is 366 g/mol. The van der Waals surface area contributed by atoms with E-state index in [1.165, 1.54) is 0 Å². The Morgan fingerprint density at radius 1 is 1.26 bits per heavy atom. The molecule has 0 spiro atoms. The largest absolute Gasteiger partial charge is 0.461 e. The molecule has 1 aromatic heterocycles. The Bertz CT molecular complexity index is 906. The van der Waals surface area contributed by atoms with E-state index in [-0.39, 0.29) is 11.8 Å². The molecule has 2 aromatic rings. The van der Waals surface area contributed by atoms with Crippen LogP contribution in [0.4, 0.5) is 0 Å². The van der Waals surface area contributed by atoms with Crippen LogP contribution in [-0.4, -0.2) is 41.9 Å². The zero-order chi connectivity index (χ0) is 19.6. The zero-order valence-electron chi connectivity index (χ0n) is 16.4. The number of carbonyl (C=O) groups is 2. The lowest BCUT2D eigenvalue weighted by Crippen LogP contribution is -2.22. The maximum atomic E-state index is 13.2. The van der Waals surface area contributed by atoms with E-state index in [0.717, 1.165) is 28.7 Å². The van der Waals surface area contributed by atoms with Gasteiger partial charge >= 0.3 is 5.97 Å². The number of benzene rings is 1. The van der Waals surface area contributed by atoms with Crippen LogP contribution in [0.25, 0.3) is 0 Å². The first-order chi connectivity index (χ1) is 12.9. The van der Waals surface area contributed by atoms with E-state index in [4.69, 9.17) is 4.74 Å². The van der Waals surface area contributed by atoms with Crippen LogP contribution < -0.4 is 0 Å². The Kier molecular flexibility index (Phi) is 5.49. The minimum Gasteiger partial charge on any atom is -0.461 e. The molecular formula is C22H26N2O3. The summed E-state index contributed by atoms with van der Waals surface area (Å²) < 4.78 is 7.08. The highest BCUT2D eigenvalue weighted by molar-refractivity contribution is 6.10. The van der Waals surface area contributed by atoms with Gasteiger partial charge < -0.3 is 14.2 Å². The number of aryl methyl sites for hydroxylation is 2. The minimum atomic E-state index is -0.383. The summed E-state index contributed by atoms with van der Waals surface area (Å²) in [4.78, 5) is 27.6. The molecule has 0 atom stereocenters. The molecule has 0 unspecified atom stereocenters. The third-order valence-corrected chi connectivity index (χ3v) is 4.83. The van der Waals surface area contributed by atoms with Gasteiger partial charge in [-0.1, -0.05) is 24.3 Å². The van der Waals surface area contributed by atoms with Crippen molar-refractivity contribution in [2.45, 2.75) is 33.2 Å². The third-order valence-electron chi connectivity index (χ3n) is 4.83. The molecule has 0 radical (unpaired) electrons. The lowest BCUT2D eigenvalue weighted by Gasteiger charge is -2.20. The van der Waals surface area contributed by atoms with Crippen LogP contribution in [0.1, 0.15) is 51.0 Å². The van der Waals surface area contributed by atoms with Gasteiger partial charge in [-0.15, -0.1) is 0 Å². The molecule has 0 fully saturated rings. The molecule has 3 rings (SSSR count). The lowest BCUT2D eigenvalue weighted by molar-refractivity contribution is 0.0514. The van der Waals surface area contributed by atoms with Gasteiger partial charge in [0.15, 0.2) is 0 Å². The zero-order valence-corrected chi connectivity index (χ0v) is 16.4. The van der Waals surface area contributed by atoms with Crippen molar-refractivity contribution >= 4 is 11.8 Å². The number of aromatic nitrogens is 1. The van der Waals surface area contributed by atoms with Gasteiger partial charge in [0.1, 0.15) is 5.69 Å². The molecule has 0 saturated carbocycles. The number of carbonyl (C=O) groups excluding carboxylic acids is 2. The number of hydrogen-bond donors (Lipinski definition) is 0. The maximum absolute atomic E-state index is 13.2. The van der Waals surface area contributed by atoms with Gasteiger partial charge in [-0.3, -0.25) is 4.79 Å². The van der Waals surface area contributed by atoms with E-state index in [1.54, 1.807) is 6.92 Å². The summed E-state index contributed by atoms with van der Waals surface area (Å²) in [5, 5.41) is 0. The number of rotatable bonds is 5. The number of hydrogen-bond acceptors (Lipinski definition) is 4. The summed E-state index contributed by atoms with van der Waals surface area (Å²) in [5.74, 6) is -0.388. The fourth-order valence-electron chi connectivity index (χ4n) is 3.53. The van der Waals surface area contributed by atoms with E-state index in [2.05, 4.69) is 0 Å². The van der Waals surface area contributed by atoms with Gasteiger partial charge in [0.2, 0.25) is 5.78 Å². The molecule has 1 aliphatic rings. The maximum Gasteiger partial charge on any atom is 0.354 e. The predicted molar refractivity (Wildman–Crippen MR) is 105 cm³/mol. The Labute approximate surface area is 160 Å². The summed E-state index contributed by atoms with van der Waals surface area (Å²) in [7, 11) is 3.82. The molecule has 5 nitrogen and oxygen atoms in total. The quantitative estimate of drug-likeness (QED) is 0.599. The third kappa shape index (κ3) is 3.82. The number of ketones is 1. The summed E-state index contributed by atoms with van der Waals surface area (Å²) in [6, 6.07) is 9.85. The molecule has 1 aromatic carbocycles. The summed E-state index contributed by atoms with van der Waals surface area (Å²) in [6.07, 6.45) is 3.30. The molecule has 1 heterocycles. The van der Waals surface area contributed by atoms with Gasteiger partial charge in [-0.05, 0) is 49.4 Å². The van der Waals surface area contributed by atoms with E-state index in [1.807, 2.05) is 67.0 Å². The van der Waals surface area contributed by atoms with Crippen molar-refractivity contribution in [3.63, 3.8) is 0 Å². The average Bonchev–Trinajstić information content (AvgIpc) is 2.99. The first-order valence-electron chi connectivity index (χ1n) is 9.28. The van der Waals surface area contributed by atoms with Gasteiger partial charge in [0.25, 0.3) is 0 Å². The molecule has 0 bridgehead atoms. The predicted octanol–water partition coefficient (Wildman–Crippen LogP) is 3.60. The second kappa shape index (κ2) is 7.82. The highest BCUT2D eigenvalue weighted by Crippen LogP contribution is 2.30. The van der Waals surface area contributed by atoms with Crippen molar-refractivity contribution in [3.05, 3.63) is 70.2 Å². The van der Waals surface area contributed by atoms with Gasteiger partial charge in [-0.2, -0.15) is 0 Å². The number of ether oxygens (including phenoxy) is 1. The highest BCUT2D eigenvalue weighted by Gasteiger charge is 2.30. The van der Waals surface area contributed by atoms with Crippen LogP contribution in [-0.2, 0) is 17.7 Å². The van der Waals surface area contributed by atoms with E-state index >= 15 is 0 Å². The summed E-state index contributed by atoms with van der Waals surface area (Å²) in [5.41, 5.74) is 4.96. The van der Waals surface area contributed by atoms with Crippen molar-refractivity contribution in [3.8, 4) is 0 Å². The fraction of sp³-hybridized carbons (Fsp3) is 0.364. The second-order valence-corrected chi connectivity index (χ2v) is 7.08. The molecule has 0 aliphatic heterocycles. The van der Waals surface area contributed by atoms with Crippen LogP contribution in [0.2, 0.25) is 0 Å². The smallest absolute Gasteiger partial charge is 0.354 e. The minimum absolute atomic E-state index is 0.00548. The van der Waals surface area contributed by atoms with Gasteiger partial charge in [0.05, 0.1) is 12.3 Å². The molecule has 0 saturated heterocycles. The Hall–Kier alpha value is -2.82. The number of esters is 1. The Morgan fingerprint density at radius 3 is 2.67 bits per heavy atom. The van der Waals surface area contributed by atoms with Crippen molar-refractivity contribution in [2.24, 2.45) is 0 Å². The average molecular weight is 366 g/mol. The van der Waals surface area contributed by atoms with Crippen LogP contribution >= 0.6 is 0 Å². The van der Waals surface area contributed by atoms with Crippen molar-refractivity contribution in [1.82, 2.24) is 9.47 Å². The summed E-state index contributed by atoms with van der Waals surface area (Å²) >= 11 is 0. The van der Waals surface area contributed by atoms with E-state index in [0.29, 0.717) is 31.0 Å². The standard InChI is InChI=1S/C22H26N2O3/c1-5-27-22(26)19-12-16-10-11-18(13-23(3)4)21(25)20(16)24(19)14-17-9-7-6-8-15(17)2/h6-9,12-13H,5,10-11,14H2,1-4H3/b18-13+. The van der Waals surface area contributed by atoms with Crippen molar-refractivity contribution in [1.29, 1.82) is 0 Å². The normalized spacial score (nSPS) is 15.0. The first kappa shape index (κ1) is 19.0. The van der Waals surface area contributed by atoms with E-state index in [9.17, 15) is 9.59 Å². The first-order valence-corrected chi connectivity index (χ1v) is 9.28. The Balaban J connectivity index is 2.12. The Morgan fingerprint density at radius 2 is 2.00 bits per heavy atom. The van der Waals surface area contributed by atoms with Crippen molar-refractivity contribution in [2.75, 3.05) is 20.7 Å². The van der Waals surface area contributed by atoms with E-state index < -0.39 is 0 Å². The second-order valence-electron chi connectivity index (χ2n) is 7.08. The molecule has 142 valence electrons. The molecule has 27 heavy (non-hydrogen) atoms. The lowest BCUT2D eigenvalue weighted by atomic mass is 9.92. The summed E-state index contributed by atoms with van der Waals surface area (Å²) in [6.45, 7) is 4.60. The molecule has 0 N–H and O–H groups in total. The molecule has 5 heteroatoms. The fourth-order valence-corrected chi connectivity index (χ4v) is 3.53. The van der Waals surface area contributed by atoms with Crippen LogP contribution in [0.5, 0.6) is 0 Å². The van der Waals surface area contributed by atoms with Crippen LogP contribution in [0, 0.1) is 6.92 Å². The highest BCUT2D eigenvalue weighted by atomic mass is 16.5. The molecular weight excluding hydrogens is 340 g/mol. The van der Waals surface area contributed by atoms with Crippen LogP contribution in [0.15, 0.2) is 42.1 Å². The number of Topliss-reactive ketones (excluding diaryl/α,β-unsaturated/α-hetero) is 1. The van der Waals surface area contributed by atoms with Gasteiger partial charge in [-0.25, -0.2) is 4.79 Å². The van der Waals surface area contributed by atoms with Gasteiger partial charge in [0, 0.05) is 32.4 Å². The molecule has 1 aliphatic carbocycles.